The topological polar surface area (TPSA) is 108 Å². The summed E-state index contributed by atoms with van der Waals surface area (Å²) in [5.74, 6) is -1.23. The molecule has 5 rings (SSSR count). The minimum atomic E-state index is -0.928. The van der Waals surface area contributed by atoms with Crippen LogP contribution >= 0.6 is 31.9 Å². The standard InChI is InChI=1S/C11H11BrN2O2.C9H7BrN2O2.C4H8O/c1-3-16-11(15)7-4-5-9-8(6-7)10(12)13-14(9)2;1-12-7-3-2-5(9(13)14)4-6(7)8(10)11-12;1-2-4-5-3-1/h4-6H,3H2,1-2H3;2-4H,1H3,(H,13,14);1-4H2. The lowest BCUT2D eigenvalue weighted by Gasteiger charge is -2.01. The second-order valence-electron chi connectivity index (χ2n) is 7.64. The van der Waals surface area contributed by atoms with Crippen molar-refractivity contribution in [2.45, 2.75) is 19.8 Å². The molecule has 35 heavy (non-hydrogen) atoms. The molecule has 186 valence electrons. The Kier molecular flexibility index (Phi) is 9.41. The molecule has 11 heteroatoms. The second kappa shape index (κ2) is 12.3. The van der Waals surface area contributed by atoms with Crippen LogP contribution in [0.25, 0.3) is 21.8 Å². The summed E-state index contributed by atoms with van der Waals surface area (Å²) in [5, 5.41) is 18.9. The lowest BCUT2D eigenvalue weighted by Crippen LogP contribution is -2.04. The van der Waals surface area contributed by atoms with E-state index in [1.165, 1.54) is 12.8 Å². The van der Waals surface area contributed by atoms with Crippen molar-refractivity contribution in [2.75, 3.05) is 19.8 Å². The molecule has 0 radical (unpaired) electrons. The summed E-state index contributed by atoms with van der Waals surface area (Å²) in [7, 11) is 3.67. The monoisotopic (exact) mass is 608 g/mol. The van der Waals surface area contributed by atoms with Gasteiger partial charge in [0.25, 0.3) is 0 Å². The first-order valence-corrected chi connectivity index (χ1v) is 12.5. The van der Waals surface area contributed by atoms with E-state index in [1.54, 1.807) is 46.6 Å². The van der Waals surface area contributed by atoms with Gasteiger partial charge in [-0.25, -0.2) is 9.59 Å². The van der Waals surface area contributed by atoms with Gasteiger partial charge < -0.3 is 14.6 Å². The molecule has 0 unspecified atom stereocenters. The third kappa shape index (κ3) is 6.68. The van der Waals surface area contributed by atoms with Gasteiger partial charge in [-0.3, -0.25) is 9.36 Å². The van der Waals surface area contributed by atoms with E-state index in [0.717, 1.165) is 39.6 Å². The Morgan fingerprint density at radius 1 is 0.943 bits per heavy atom. The van der Waals surface area contributed by atoms with E-state index in [4.69, 9.17) is 14.6 Å². The first-order valence-electron chi connectivity index (χ1n) is 11.0. The predicted molar refractivity (Wildman–Crippen MR) is 140 cm³/mol. The van der Waals surface area contributed by atoms with E-state index in [1.807, 2.05) is 20.2 Å². The number of aromatic nitrogens is 4. The number of hydrogen-bond acceptors (Lipinski definition) is 6. The quantitative estimate of drug-likeness (QED) is 0.312. The van der Waals surface area contributed by atoms with Crippen molar-refractivity contribution in [3.63, 3.8) is 0 Å². The molecular formula is C24H26Br2N4O5. The number of ether oxygens (including phenoxy) is 2. The maximum atomic E-state index is 11.5. The zero-order valence-corrected chi connectivity index (χ0v) is 22.8. The van der Waals surface area contributed by atoms with Crippen molar-refractivity contribution in [3.05, 3.63) is 56.7 Å². The fraction of sp³-hybridized carbons (Fsp3) is 0.333. The first kappa shape index (κ1) is 26.8. The first-order chi connectivity index (χ1) is 16.7. The highest BCUT2D eigenvalue weighted by Gasteiger charge is 2.12. The van der Waals surface area contributed by atoms with E-state index in [9.17, 15) is 9.59 Å². The van der Waals surface area contributed by atoms with Gasteiger partial charge in [-0.15, -0.1) is 0 Å². The van der Waals surface area contributed by atoms with Gasteiger partial charge in [0.05, 0.1) is 28.8 Å². The Morgan fingerprint density at radius 2 is 1.43 bits per heavy atom. The van der Waals surface area contributed by atoms with Crippen molar-refractivity contribution in [1.82, 2.24) is 19.6 Å². The normalized spacial score (nSPS) is 12.6. The molecule has 1 fully saturated rings. The lowest BCUT2D eigenvalue weighted by molar-refractivity contribution is 0.0526. The Bertz CT molecular complexity index is 1340. The number of carbonyl (C=O) groups excluding carboxylic acids is 1. The molecule has 1 aliphatic rings. The van der Waals surface area contributed by atoms with Gasteiger partial charge >= 0.3 is 11.9 Å². The number of esters is 1. The molecule has 4 aromatic rings. The summed E-state index contributed by atoms with van der Waals surface area (Å²) in [6, 6.07) is 10.3. The highest BCUT2D eigenvalue weighted by molar-refractivity contribution is 9.10. The summed E-state index contributed by atoms with van der Waals surface area (Å²) in [6.07, 6.45) is 2.56. The van der Waals surface area contributed by atoms with Crippen molar-refractivity contribution < 1.29 is 24.2 Å². The minimum Gasteiger partial charge on any atom is -0.478 e. The summed E-state index contributed by atoms with van der Waals surface area (Å²) in [6.45, 7) is 4.17. The van der Waals surface area contributed by atoms with Crippen LogP contribution in [0.5, 0.6) is 0 Å². The molecule has 2 aromatic carbocycles. The molecule has 1 N–H and O–H groups in total. The van der Waals surface area contributed by atoms with Crippen LogP contribution in [0.4, 0.5) is 0 Å². The Hall–Kier alpha value is -2.76. The maximum Gasteiger partial charge on any atom is 0.338 e. The molecule has 0 saturated carbocycles. The number of aryl methyl sites for hydroxylation is 2. The lowest BCUT2D eigenvalue weighted by atomic mass is 10.1. The van der Waals surface area contributed by atoms with Gasteiger partial charge in [0.1, 0.15) is 9.21 Å². The Balaban J connectivity index is 0.000000164. The Labute approximate surface area is 219 Å². The average Bonchev–Trinajstić information content (AvgIpc) is 3.57. The summed E-state index contributed by atoms with van der Waals surface area (Å²) < 4.78 is 14.7. The van der Waals surface area contributed by atoms with E-state index in [0.29, 0.717) is 16.8 Å². The molecule has 1 saturated heterocycles. The molecule has 9 nitrogen and oxygen atoms in total. The molecule has 0 atom stereocenters. The number of nitrogens with zero attached hydrogens (tertiary/aromatic N) is 4. The van der Waals surface area contributed by atoms with Crippen LogP contribution in [0.1, 0.15) is 40.5 Å². The van der Waals surface area contributed by atoms with Crippen molar-refractivity contribution >= 4 is 65.6 Å². The molecule has 0 amide bonds. The molecular weight excluding hydrogens is 584 g/mol. The number of carboxylic acid groups (broad SMARTS) is 1. The fourth-order valence-electron chi connectivity index (χ4n) is 3.43. The molecule has 1 aliphatic heterocycles. The molecule has 0 spiro atoms. The zero-order valence-electron chi connectivity index (χ0n) is 19.6. The van der Waals surface area contributed by atoms with Crippen molar-refractivity contribution in [2.24, 2.45) is 14.1 Å². The van der Waals surface area contributed by atoms with E-state index >= 15 is 0 Å². The van der Waals surface area contributed by atoms with Crippen LogP contribution in [0.2, 0.25) is 0 Å². The molecule has 0 aliphatic carbocycles. The largest absolute Gasteiger partial charge is 0.478 e. The van der Waals surface area contributed by atoms with Crippen LogP contribution < -0.4 is 0 Å². The van der Waals surface area contributed by atoms with Crippen LogP contribution in [0, 0.1) is 0 Å². The maximum absolute atomic E-state index is 11.5. The summed E-state index contributed by atoms with van der Waals surface area (Å²) in [5.41, 5.74) is 2.69. The average molecular weight is 610 g/mol. The Morgan fingerprint density at radius 3 is 1.86 bits per heavy atom. The van der Waals surface area contributed by atoms with Crippen LogP contribution in [0.15, 0.2) is 45.6 Å². The predicted octanol–water partition coefficient (Wildman–Crippen LogP) is 5.34. The third-order valence-corrected chi connectivity index (χ3v) is 6.37. The fourth-order valence-corrected chi connectivity index (χ4v) is 4.54. The van der Waals surface area contributed by atoms with E-state index in [2.05, 4.69) is 42.1 Å². The SMILES string of the molecule is C1CCOC1.CCOC(=O)c1ccc2c(c1)c(Br)nn2C.Cn1nc(Br)c2cc(C(=O)O)ccc21. The number of rotatable bonds is 3. The number of benzene rings is 2. The van der Waals surface area contributed by atoms with Crippen molar-refractivity contribution in [1.29, 1.82) is 0 Å². The van der Waals surface area contributed by atoms with Crippen LogP contribution in [-0.4, -0.2) is 56.4 Å². The molecule has 3 heterocycles. The van der Waals surface area contributed by atoms with Gasteiger partial charge in [0.15, 0.2) is 0 Å². The number of fused-ring (bicyclic) bond motifs is 2. The van der Waals surface area contributed by atoms with Crippen molar-refractivity contribution in [3.8, 4) is 0 Å². The molecule has 0 bridgehead atoms. The van der Waals surface area contributed by atoms with E-state index in [-0.39, 0.29) is 11.5 Å². The zero-order chi connectivity index (χ0) is 25.5. The minimum absolute atomic E-state index is 0.270. The number of carbonyl (C=O) groups is 2. The van der Waals surface area contributed by atoms with E-state index < -0.39 is 5.97 Å². The highest BCUT2D eigenvalue weighted by Crippen LogP contribution is 2.25. The number of halogens is 2. The van der Waals surface area contributed by atoms with Gasteiger partial charge in [-0.1, -0.05) is 0 Å². The van der Waals surface area contributed by atoms with Crippen LogP contribution in [-0.2, 0) is 23.6 Å². The van der Waals surface area contributed by atoms with Gasteiger partial charge in [-0.05, 0) is 88.0 Å². The van der Waals surface area contributed by atoms with Gasteiger partial charge in [0, 0.05) is 38.1 Å². The number of hydrogen-bond donors (Lipinski definition) is 1. The smallest absolute Gasteiger partial charge is 0.338 e. The summed E-state index contributed by atoms with van der Waals surface area (Å²) >= 11 is 6.63. The van der Waals surface area contributed by atoms with Gasteiger partial charge in [-0.2, -0.15) is 10.2 Å². The number of carboxylic acids is 1. The second-order valence-corrected chi connectivity index (χ2v) is 9.14. The highest BCUT2D eigenvalue weighted by atomic mass is 79.9. The van der Waals surface area contributed by atoms with Gasteiger partial charge in [0.2, 0.25) is 0 Å². The van der Waals surface area contributed by atoms with Crippen LogP contribution in [0.3, 0.4) is 0 Å². The number of aromatic carboxylic acids is 1. The third-order valence-electron chi connectivity index (χ3n) is 5.20. The molecule has 2 aromatic heterocycles. The summed E-state index contributed by atoms with van der Waals surface area (Å²) in [4.78, 5) is 22.3.